The molecule has 48 heavy (non-hydrogen) atoms. The van der Waals surface area contributed by atoms with Gasteiger partial charge < -0.3 is 9.47 Å². The predicted octanol–water partition coefficient (Wildman–Crippen LogP) is 12.7. The van der Waals surface area contributed by atoms with Crippen LogP contribution in [0.25, 0.3) is 60.5 Å². The molecule has 0 spiro atoms. The summed E-state index contributed by atoms with van der Waals surface area (Å²) in [5, 5.41) is 5.00. The molecular formula is C46H32N2. The summed E-state index contributed by atoms with van der Waals surface area (Å²) in [5.74, 6) is 0. The average molecular weight is 613 g/mol. The first kappa shape index (κ1) is 27.9. The number of rotatable bonds is 6. The molecule has 2 nitrogen and oxygen atoms in total. The van der Waals surface area contributed by atoms with E-state index in [0.29, 0.717) is 0 Å². The van der Waals surface area contributed by atoms with Crippen LogP contribution in [-0.4, -0.2) is 4.57 Å². The van der Waals surface area contributed by atoms with Gasteiger partial charge in [0.15, 0.2) is 0 Å². The highest BCUT2D eigenvalue weighted by Crippen LogP contribution is 2.44. The van der Waals surface area contributed by atoms with Crippen molar-refractivity contribution in [1.29, 1.82) is 0 Å². The summed E-state index contributed by atoms with van der Waals surface area (Å²) in [7, 11) is 0. The molecule has 0 aliphatic carbocycles. The SMILES string of the molecule is c1ccc(-c2ccc(-c3ccc4ccccc4c3)cc2N(c2ccccc2)c2cccc(-n3c4ccccc4c4ccccc43)c2)cc1. The van der Waals surface area contributed by atoms with Gasteiger partial charge in [-0.15, -0.1) is 0 Å². The summed E-state index contributed by atoms with van der Waals surface area (Å²) in [6, 6.07) is 70.0. The third kappa shape index (κ3) is 4.83. The van der Waals surface area contributed by atoms with E-state index in [2.05, 4.69) is 204 Å². The van der Waals surface area contributed by atoms with Crippen LogP contribution in [0.15, 0.2) is 194 Å². The van der Waals surface area contributed by atoms with E-state index in [9.17, 15) is 0 Å². The van der Waals surface area contributed by atoms with Gasteiger partial charge in [0, 0.05) is 33.4 Å². The van der Waals surface area contributed by atoms with Crippen molar-refractivity contribution in [2.45, 2.75) is 0 Å². The van der Waals surface area contributed by atoms with Crippen LogP contribution in [0.5, 0.6) is 0 Å². The van der Waals surface area contributed by atoms with Crippen molar-refractivity contribution in [3.05, 3.63) is 194 Å². The highest BCUT2D eigenvalue weighted by molar-refractivity contribution is 6.09. The smallest absolute Gasteiger partial charge is 0.0546 e. The maximum Gasteiger partial charge on any atom is 0.0546 e. The monoisotopic (exact) mass is 612 g/mol. The van der Waals surface area contributed by atoms with Gasteiger partial charge >= 0.3 is 0 Å². The number of hydrogen-bond acceptors (Lipinski definition) is 1. The molecular weight excluding hydrogens is 581 g/mol. The number of benzene rings is 8. The topological polar surface area (TPSA) is 8.17 Å². The summed E-state index contributed by atoms with van der Waals surface area (Å²) < 4.78 is 2.39. The Kier molecular flexibility index (Phi) is 6.84. The minimum atomic E-state index is 1.09. The lowest BCUT2D eigenvalue weighted by atomic mass is 9.95. The number of fused-ring (bicyclic) bond motifs is 4. The molecule has 0 N–H and O–H groups in total. The van der Waals surface area contributed by atoms with E-state index in [1.165, 1.54) is 54.8 Å². The van der Waals surface area contributed by atoms with Crippen LogP contribution in [0.1, 0.15) is 0 Å². The van der Waals surface area contributed by atoms with Crippen molar-refractivity contribution < 1.29 is 0 Å². The lowest BCUT2D eigenvalue weighted by molar-refractivity contribution is 1.17. The fraction of sp³-hybridized carbons (Fsp3) is 0. The molecule has 0 unspecified atom stereocenters. The third-order valence-electron chi connectivity index (χ3n) is 9.35. The molecule has 2 heteroatoms. The predicted molar refractivity (Wildman–Crippen MR) is 204 cm³/mol. The van der Waals surface area contributed by atoms with E-state index in [1.807, 2.05) is 0 Å². The molecule has 0 fully saturated rings. The molecule has 0 saturated carbocycles. The van der Waals surface area contributed by atoms with Gasteiger partial charge in [0.1, 0.15) is 0 Å². The van der Waals surface area contributed by atoms with Crippen molar-refractivity contribution in [2.75, 3.05) is 4.90 Å². The number of para-hydroxylation sites is 3. The first-order chi connectivity index (χ1) is 23.8. The Hall–Kier alpha value is -6.38. The molecule has 1 heterocycles. The van der Waals surface area contributed by atoms with Crippen molar-refractivity contribution in [1.82, 2.24) is 4.57 Å². The Morgan fingerprint density at radius 2 is 0.938 bits per heavy atom. The third-order valence-corrected chi connectivity index (χ3v) is 9.35. The Bertz CT molecular complexity index is 2510. The van der Waals surface area contributed by atoms with Crippen molar-refractivity contribution >= 4 is 49.6 Å². The van der Waals surface area contributed by atoms with Crippen LogP contribution in [0.4, 0.5) is 17.1 Å². The van der Waals surface area contributed by atoms with Gasteiger partial charge in [0.05, 0.1) is 16.7 Å². The van der Waals surface area contributed by atoms with Crippen LogP contribution in [-0.2, 0) is 0 Å². The Morgan fingerprint density at radius 1 is 0.354 bits per heavy atom. The first-order valence-electron chi connectivity index (χ1n) is 16.4. The zero-order valence-electron chi connectivity index (χ0n) is 26.4. The van der Waals surface area contributed by atoms with Crippen molar-refractivity contribution in [3.63, 3.8) is 0 Å². The highest BCUT2D eigenvalue weighted by Gasteiger charge is 2.20. The van der Waals surface area contributed by atoms with Crippen LogP contribution in [0.2, 0.25) is 0 Å². The molecule has 0 saturated heterocycles. The first-order valence-corrected chi connectivity index (χ1v) is 16.4. The number of hydrogen-bond donors (Lipinski definition) is 0. The zero-order valence-corrected chi connectivity index (χ0v) is 26.4. The summed E-state index contributed by atoms with van der Waals surface area (Å²) >= 11 is 0. The standard InChI is InChI=1S/C46H32N2/c1-3-15-34(16-4-1)41-29-28-37(36-27-26-33-14-7-8-17-35(33)30-36)31-46(41)47(38-18-5-2-6-19-38)39-20-13-21-40(32-39)48-44-24-11-9-22-42(44)43-23-10-12-25-45(43)48/h1-32H. The maximum atomic E-state index is 2.41. The van der Waals surface area contributed by atoms with E-state index < -0.39 is 0 Å². The second-order valence-electron chi connectivity index (χ2n) is 12.2. The van der Waals surface area contributed by atoms with Gasteiger partial charge in [-0.25, -0.2) is 0 Å². The van der Waals surface area contributed by atoms with Crippen LogP contribution in [0.3, 0.4) is 0 Å². The minimum Gasteiger partial charge on any atom is -0.310 e. The largest absolute Gasteiger partial charge is 0.310 e. The molecule has 0 aliphatic heterocycles. The fourth-order valence-corrected chi connectivity index (χ4v) is 7.10. The van der Waals surface area contributed by atoms with E-state index in [-0.39, 0.29) is 0 Å². The fourth-order valence-electron chi connectivity index (χ4n) is 7.10. The van der Waals surface area contributed by atoms with E-state index in [1.54, 1.807) is 0 Å². The summed E-state index contributed by atoms with van der Waals surface area (Å²) in [6.45, 7) is 0. The Morgan fingerprint density at radius 3 is 1.69 bits per heavy atom. The molecule has 1 aromatic heterocycles. The molecule has 0 bridgehead atoms. The molecule has 9 rings (SSSR count). The maximum absolute atomic E-state index is 2.41. The molecule has 226 valence electrons. The molecule has 0 amide bonds. The van der Waals surface area contributed by atoms with E-state index in [4.69, 9.17) is 0 Å². The second-order valence-corrected chi connectivity index (χ2v) is 12.2. The number of nitrogens with zero attached hydrogens (tertiary/aromatic N) is 2. The average Bonchev–Trinajstić information content (AvgIpc) is 3.50. The van der Waals surface area contributed by atoms with Crippen LogP contribution in [0, 0.1) is 0 Å². The minimum absolute atomic E-state index is 1.09. The Balaban J connectivity index is 1.28. The van der Waals surface area contributed by atoms with Gasteiger partial charge in [-0.1, -0.05) is 140 Å². The van der Waals surface area contributed by atoms with Gasteiger partial charge in [-0.05, 0) is 82.1 Å². The van der Waals surface area contributed by atoms with Crippen molar-refractivity contribution in [2.24, 2.45) is 0 Å². The lowest BCUT2D eigenvalue weighted by Crippen LogP contribution is -2.12. The zero-order chi connectivity index (χ0) is 31.9. The number of anilines is 3. The molecule has 0 atom stereocenters. The number of aromatic nitrogens is 1. The van der Waals surface area contributed by atoms with Gasteiger partial charge in [-0.2, -0.15) is 0 Å². The van der Waals surface area contributed by atoms with Gasteiger partial charge in [0.25, 0.3) is 0 Å². The second kappa shape index (κ2) is 11.8. The van der Waals surface area contributed by atoms with Gasteiger partial charge in [0.2, 0.25) is 0 Å². The summed E-state index contributed by atoms with van der Waals surface area (Å²) in [5.41, 5.74) is 11.6. The quantitative estimate of drug-likeness (QED) is 0.181. The Labute approximate surface area is 280 Å². The molecule has 9 aromatic rings. The molecule has 0 radical (unpaired) electrons. The highest BCUT2D eigenvalue weighted by atomic mass is 15.1. The lowest BCUT2D eigenvalue weighted by Gasteiger charge is -2.29. The summed E-state index contributed by atoms with van der Waals surface area (Å²) in [4.78, 5) is 2.41. The normalized spacial score (nSPS) is 11.3. The summed E-state index contributed by atoms with van der Waals surface area (Å²) in [6.07, 6.45) is 0. The van der Waals surface area contributed by atoms with Gasteiger partial charge in [-0.3, -0.25) is 0 Å². The van der Waals surface area contributed by atoms with Crippen LogP contribution >= 0.6 is 0 Å². The van der Waals surface area contributed by atoms with Crippen LogP contribution < -0.4 is 4.90 Å². The van der Waals surface area contributed by atoms with E-state index >= 15 is 0 Å². The van der Waals surface area contributed by atoms with Crippen molar-refractivity contribution in [3.8, 4) is 27.9 Å². The molecule has 8 aromatic carbocycles. The molecule has 0 aliphatic rings. The van der Waals surface area contributed by atoms with E-state index in [0.717, 1.165) is 22.7 Å².